The summed E-state index contributed by atoms with van der Waals surface area (Å²) in [7, 11) is 0. The molecule has 0 fully saturated rings. The molecular formula is C30H24O3. The van der Waals surface area contributed by atoms with Crippen molar-refractivity contribution in [2.24, 2.45) is 0 Å². The van der Waals surface area contributed by atoms with Crippen molar-refractivity contribution in [3.05, 3.63) is 119 Å². The summed E-state index contributed by atoms with van der Waals surface area (Å²) < 4.78 is 5.76. The molecule has 0 amide bonds. The molecule has 1 aliphatic rings. The van der Waals surface area contributed by atoms with E-state index >= 15 is 0 Å². The summed E-state index contributed by atoms with van der Waals surface area (Å²) in [6.45, 7) is 0.343. The van der Waals surface area contributed by atoms with Crippen LogP contribution < -0.4 is 0 Å². The summed E-state index contributed by atoms with van der Waals surface area (Å²) in [5.41, 5.74) is 8.59. The average Bonchev–Trinajstić information content (AvgIpc) is 3.20. The van der Waals surface area contributed by atoms with Crippen LogP contribution in [0.4, 0.5) is 0 Å². The number of aldehydes is 1. The standard InChI is InChI=1S/C30H24O3/c31-19-21-8-7-10-23(18-21)24-11-2-1-9-22(24)16-17-30(32)33-20-29-27-14-5-3-12-25(27)26-13-4-6-15-28(26)29/h1-15,18-19,29H,16-17,20H2. The fourth-order valence-electron chi connectivity index (χ4n) is 4.72. The van der Waals surface area contributed by atoms with E-state index in [1.165, 1.54) is 22.3 Å². The van der Waals surface area contributed by atoms with Crippen molar-refractivity contribution in [1.82, 2.24) is 0 Å². The van der Waals surface area contributed by atoms with E-state index in [2.05, 4.69) is 24.3 Å². The molecule has 0 unspecified atom stereocenters. The SMILES string of the molecule is O=Cc1cccc(-c2ccccc2CCC(=O)OCC2c3ccccc3-c3ccccc32)c1. The van der Waals surface area contributed by atoms with Gasteiger partial charge in [0, 0.05) is 17.9 Å². The highest BCUT2D eigenvalue weighted by Gasteiger charge is 2.28. The van der Waals surface area contributed by atoms with E-state index in [0.29, 0.717) is 25.0 Å². The van der Waals surface area contributed by atoms with E-state index in [9.17, 15) is 9.59 Å². The van der Waals surface area contributed by atoms with Gasteiger partial charge in [-0.15, -0.1) is 0 Å². The Balaban J connectivity index is 1.27. The van der Waals surface area contributed by atoms with Crippen LogP contribution >= 0.6 is 0 Å². The molecule has 0 aliphatic heterocycles. The van der Waals surface area contributed by atoms with Crippen molar-refractivity contribution < 1.29 is 14.3 Å². The van der Waals surface area contributed by atoms with Crippen molar-refractivity contribution in [2.45, 2.75) is 18.8 Å². The molecule has 3 nitrogen and oxygen atoms in total. The highest BCUT2D eigenvalue weighted by atomic mass is 16.5. The van der Waals surface area contributed by atoms with Crippen LogP contribution in [0, 0.1) is 0 Å². The molecule has 0 N–H and O–H groups in total. The Kier molecular flexibility index (Phi) is 5.86. The molecule has 33 heavy (non-hydrogen) atoms. The lowest BCUT2D eigenvalue weighted by Gasteiger charge is -2.15. The molecule has 0 heterocycles. The van der Waals surface area contributed by atoms with E-state index < -0.39 is 0 Å². The van der Waals surface area contributed by atoms with Crippen molar-refractivity contribution in [3.8, 4) is 22.3 Å². The average molecular weight is 433 g/mol. The number of carbonyl (C=O) groups excluding carboxylic acids is 2. The van der Waals surface area contributed by atoms with Gasteiger partial charge in [0.2, 0.25) is 0 Å². The van der Waals surface area contributed by atoms with E-state index in [1.807, 2.05) is 66.7 Å². The third-order valence-corrected chi connectivity index (χ3v) is 6.32. The zero-order valence-corrected chi connectivity index (χ0v) is 18.2. The van der Waals surface area contributed by atoms with Gasteiger partial charge < -0.3 is 4.74 Å². The first-order chi connectivity index (χ1) is 16.2. The molecule has 0 atom stereocenters. The molecule has 0 radical (unpaired) electrons. The summed E-state index contributed by atoms with van der Waals surface area (Å²) in [5.74, 6) is -0.131. The molecular weight excluding hydrogens is 408 g/mol. The first kappa shape index (κ1) is 20.9. The minimum atomic E-state index is -0.201. The summed E-state index contributed by atoms with van der Waals surface area (Å²) in [6.07, 6.45) is 1.74. The van der Waals surface area contributed by atoms with Crippen LogP contribution in [0.1, 0.15) is 39.4 Å². The van der Waals surface area contributed by atoms with Gasteiger partial charge in [-0.3, -0.25) is 9.59 Å². The minimum Gasteiger partial charge on any atom is -0.465 e. The second-order valence-corrected chi connectivity index (χ2v) is 8.31. The van der Waals surface area contributed by atoms with E-state index in [-0.39, 0.29) is 11.9 Å². The fourth-order valence-corrected chi connectivity index (χ4v) is 4.72. The largest absolute Gasteiger partial charge is 0.465 e. The van der Waals surface area contributed by atoms with Gasteiger partial charge in [-0.25, -0.2) is 0 Å². The molecule has 1 aliphatic carbocycles. The second kappa shape index (κ2) is 9.25. The van der Waals surface area contributed by atoms with Crippen LogP contribution in [0.3, 0.4) is 0 Å². The Morgan fingerprint density at radius 1 is 0.758 bits per heavy atom. The zero-order chi connectivity index (χ0) is 22.6. The second-order valence-electron chi connectivity index (χ2n) is 8.31. The summed E-state index contributed by atoms with van der Waals surface area (Å²) in [5, 5.41) is 0. The number of fused-ring (bicyclic) bond motifs is 3. The maximum absolute atomic E-state index is 12.7. The highest BCUT2D eigenvalue weighted by Crippen LogP contribution is 2.44. The molecule has 0 bridgehead atoms. The minimum absolute atomic E-state index is 0.0692. The lowest BCUT2D eigenvalue weighted by Crippen LogP contribution is -2.13. The lowest BCUT2D eigenvalue weighted by molar-refractivity contribution is -0.143. The van der Waals surface area contributed by atoms with Crippen molar-refractivity contribution >= 4 is 12.3 Å². The highest BCUT2D eigenvalue weighted by molar-refractivity contribution is 5.80. The molecule has 0 saturated heterocycles. The Labute approximate surface area is 193 Å². The van der Waals surface area contributed by atoms with Gasteiger partial charge >= 0.3 is 5.97 Å². The Bertz CT molecular complexity index is 1280. The van der Waals surface area contributed by atoms with Gasteiger partial charge in [0.05, 0.1) is 0 Å². The third kappa shape index (κ3) is 4.22. The number of ether oxygens (including phenoxy) is 1. The van der Waals surface area contributed by atoms with Crippen molar-refractivity contribution in [1.29, 1.82) is 0 Å². The first-order valence-corrected chi connectivity index (χ1v) is 11.2. The first-order valence-electron chi connectivity index (χ1n) is 11.2. The number of benzene rings is 4. The number of carbonyl (C=O) groups is 2. The number of hydrogen-bond donors (Lipinski definition) is 0. The Morgan fingerprint density at radius 3 is 2.09 bits per heavy atom. The summed E-state index contributed by atoms with van der Waals surface area (Å²) in [6, 6.07) is 32.2. The topological polar surface area (TPSA) is 43.4 Å². The van der Waals surface area contributed by atoms with Crippen molar-refractivity contribution in [3.63, 3.8) is 0 Å². The van der Waals surface area contributed by atoms with Crippen LogP contribution in [0.5, 0.6) is 0 Å². The van der Waals surface area contributed by atoms with Gasteiger partial charge in [0.25, 0.3) is 0 Å². The lowest BCUT2D eigenvalue weighted by atomic mass is 9.95. The fraction of sp³-hybridized carbons (Fsp3) is 0.133. The number of aryl methyl sites for hydroxylation is 1. The molecule has 162 valence electrons. The molecule has 0 aromatic heterocycles. The number of hydrogen-bond acceptors (Lipinski definition) is 3. The smallest absolute Gasteiger partial charge is 0.306 e. The van der Waals surface area contributed by atoms with Crippen molar-refractivity contribution in [2.75, 3.05) is 6.61 Å². The van der Waals surface area contributed by atoms with Crippen LogP contribution in [0.15, 0.2) is 97.1 Å². The van der Waals surface area contributed by atoms with Crippen LogP contribution in [-0.4, -0.2) is 18.9 Å². The van der Waals surface area contributed by atoms with Gasteiger partial charge in [0.15, 0.2) is 0 Å². The zero-order valence-electron chi connectivity index (χ0n) is 18.2. The van der Waals surface area contributed by atoms with Gasteiger partial charge in [-0.05, 0) is 51.4 Å². The molecule has 0 saturated carbocycles. The number of esters is 1. The predicted molar refractivity (Wildman–Crippen MR) is 130 cm³/mol. The third-order valence-electron chi connectivity index (χ3n) is 6.32. The molecule has 0 spiro atoms. The van der Waals surface area contributed by atoms with Gasteiger partial charge in [-0.1, -0.05) is 91.0 Å². The van der Waals surface area contributed by atoms with E-state index in [4.69, 9.17) is 4.74 Å². The maximum Gasteiger partial charge on any atom is 0.306 e. The Morgan fingerprint density at radius 2 is 1.39 bits per heavy atom. The van der Waals surface area contributed by atoms with E-state index in [0.717, 1.165) is 23.0 Å². The van der Waals surface area contributed by atoms with Gasteiger partial charge in [-0.2, -0.15) is 0 Å². The molecule has 4 aromatic carbocycles. The van der Waals surface area contributed by atoms with Gasteiger partial charge in [0.1, 0.15) is 12.9 Å². The molecule has 5 rings (SSSR count). The van der Waals surface area contributed by atoms with Crippen LogP contribution in [0.2, 0.25) is 0 Å². The van der Waals surface area contributed by atoms with E-state index in [1.54, 1.807) is 6.07 Å². The molecule has 4 aromatic rings. The quantitative estimate of drug-likeness (QED) is 0.249. The Hall–Kier alpha value is -3.98. The van der Waals surface area contributed by atoms with Crippen LogP contribution in [-0.2, 0) is 16.0 Å². The monoisotopic (exact) mass is 432 g/mol. The summed E-state index contributed by atoms with van der Waals surface area (Å²) >= 11 is 0. The number of rotatable bonds is 7. The maximum atomic E-state index is 12.7. The summed E-state index contributed by atoms with van der Waals surface area (Å²) in [4.78, 5) is 23.8. The molecule has 3 heteroatoms. The predicted octanol–water partition coefficient (Wildman–Crippen LogP) is 6.45. The van der Waals surface area contributed by atoms with Crippen LogP contribution in [0.25, 0.3) is 22.3 Å². The normalized spacial score (nSPS) is 12.1.